The topological polar surface area (TPSA) is 61.1 Å². The van der Waals surface area contributed by atoms with Crippen molar-refractivity contribution in [2.75, 3.05) is 0 Å². The van der Waals surface area contributed by atoms with E-state index >= 15 is 0 Å². The van der Waals surface area contributed by atoms with Crippen molar-refractivity contribution in [3.63, 3.8) is 0 Å². The largest absolute Gasteiger partial charge is 0.480 e. The summed E-state index contributed by atoms with van der Waals surface area (Å²) in [6, 6.07) is 2.00. The van der Waals surface area contributed by atoms with Crippen molar-refractivity contribution in [2.45, 2.75) is 45.4 Å². The molecule has 0 spiro atoms. The summed E-state index contributed by atoms with van der Waals surface area (Å²) in [6.45, 7) is 2.13. The lowest BCUT2D eigenvalue weighted by Crippen LogP contribution is -2.28. The van der Waals surface area contributed by atoms with Gasteiger partial charge < -0.3 is 5.11 Å². The van der Waals surface area contributed by atoms with Gasteiger partial charge in [-0.05, 0) is 25.2 Å². The summed E-state index contributed by atoms with van der Waals surface area (Å²) in [5.74, 6) is -0.318. The maximum atomic E-state index is 11.0. The van der Waals surface area contributed by atoms with Crippen LogP contribution in [0.3, 0.4) is 0 Å². The summed E-state index contributed by atoms with van der Waals surface area (Å²) in [4.78, 5) is 11.0. The van der Waals surface area contributed by atoms with Crippen LogP contribution in [-0.2, 0) is 4.79 Å². The molecule has 0 aromatic heterocycles. The Balaban J connectivity index is 2.73. The van der Waals surface area contributed by atoms with Gasteiger partial charge in [-0.1, -0.05) is 26.2 Å². The number of nitrogens with zero attached hydrogens (tertiary/aromatic N) is 1. The van der Waals surface area contributed by atoms with Crippen LogP contribution in [0.5, 0.6) is 0 Å². The number of nitriles is 1. The fourth-order valence-corrected chi connectivity index (χ4v) is 2.19. The fraction of sp³-hybridized carbons (Fsp3) is 0.818. The van der Waals surface area contributed by atoms with Crippen LogP contribution >= 0.6 is 0 Å². The molecule has 0 amide bonds. The van der Waals surface area contributed by atoms with Crippen molar-refractivity contribution >= 4 is 5.97 Å². The van der Waals surface area contributed by atoms with E-state index in [4.69, 9.17) is 10.4 Å². The van der Waals surface area contributed by atoms with Gasteiger partial charge in [0.15, 0.2) is 5.41 Å². The van der Waals surface area contributed by atoms with Crippen LogP contribution in [0.25, 0.3) is 0 Å². The second-order valence-electron chi connectivity index (χ2n) is 4.20. The van der Waals surface area contributed by atoms with Crippen LogP contribution in [0.2, 0.25) is 0 Å². The SMILES string of the molecule is CCC1CCCC(C#N)(C(=O)O)CC1. The lowest BCUT2D eigenvalue weighted by molar-refractivity contribution is -0.146. The zero-order valence-electron chi connectivity index (χ0n) is 8.62. The van der Waals surface area contributed by atoms with Crippen molar-refractivity contribution in [3.8, 4) is 6.07 Å². The molecule has 14 heavy (non-hydrogen) atoms. The standard InChI is InChI=1S/C11H17NO2/c1-2-9-4-3-6-11(8-12,7-5-9)10(13)14/h9H,2-7H2,1H3,(H,13,14). The normalized spacial score (nSPS) is 33.0. The van der Waals surface area contributed by atoms with Gasteiger partial charge in [-0.15, -0.1) is 0 Å². The van der Waals surface area contributed by atoms with Gasteiger partial charge in [0.25, 0.3) is 0 Å². The number of aliphatic carboxylic acids is 1. The van der Waals surface area contributed by atoms with Gasteiger partial charge in [0.1, 0.15) is 0 Å². The van der Waals surface area contributed by atoms with E-state index in [0.29, 0.717) is 18.8 Å². The smallest absolute Gasteiger partial charge is 0.324 e. The molecule has 2 unspecified atom stereocenters. The molecule has 0 saturated heterocycles. The van der Waals surface area contributed by atoms with E-state index in [1.54, 1.807) is 0 Å². The lowest BCUT2D eigenvalue weighted by atomic mass is 9.82. The molecule has 1 rings (SSSR count). The quantitative estimate of drug-likeness (QED) is 0.689. The Kier molecular flexibility index (Phi) is 3.51. The second kappa shape index (κ2) is 4.45. The number of carbonyl (C=O) groups is 1. The summed E-state index contributed by atoms with van der Waals surface area (Å²) in [5.41, 5.74) is -1.09. The van der Waals surface area contributed by atoms with E-state index in [-0.39, 0.29) is 0 Å². The highest BCUT2D eigenvalue weighted by atomic mass is 16.4. The first-order valence-electron chi connectivity index (χ1n) is 5.29. The van der Waals surface area contributed by atoms with Gasteiger partial charge in [0, 0.05) is 0 Å². The molecule has 78 valence electrons. The Hall–Kier alpha value is -1.04. The average molecular weight is 195 g/mol. The number of hydrogen-bond donors (Lipinski definition) is 1. The van der Waals surface area contributed by atoms with E-state index in [0.717, 1.165) is 25.7 Å². The number of carboxylic acids is 1. The molecule has 3 heteroatoms. The lowest BCUT2D eigenvalue weighted by Gasteiger charge is -2.18. The Morgan fingerprint density at radius 1 is 1.57 bits per heavy atom. The summed E-state index contributed by atoms with van der Waals surface area (Å²) >= 11 is 0. The van der Waals surface area contributed by atoms with Crippen LogP contribution in [0.15, 0.2) is 0 Å². The predicted molar refractivity (Wildman–Crippen MR) is 52.5 cm³/mol. The maximum Gasteiger partial charge on any atom is 0.324 e. The van der Waals surface area contributed by atoms with Gasteiger partial charge in [0.05, 0.1) is 6.07 Å². The Labute approximate surface area is 84.7 Å². The third-order valence-corrected chi connectivity index (χ3v) is 3.40. The monoisotopic (exact) mass is 195 g/mol. The van der Waals surface area contributed by atoms with Crippen molar-refractivity contribution in [2.24, 2.45) is 11.3 Å². The second-order valence-corrected chi connectivity index (χ2v) is 4.20. The number of rotatable bonds is 2. The van der Waals surface area contributed by atoms with Gasteiger partial charge in [0.2, 0.25) is 0 Å². The van der Waals surface area contributed by atoms with Gasteiger partial charge in [-0.2, -0.15) is 5.26 Å². The van der Waals surface area contributed by atoms with Crippen LogP contribution in [0.4, 0.5) is 0 Å². The minimum Gasteiger partial charge on any atom is -0.480 e. The van der Waals surface area contributed by atoms with E-state index in [2.05, 4.69) is 6.92 Å². The van der Waals surface area contributed by atoms with Crippen molar-refractivity contribution in [1.29, 1.82) is 5.26 Å². The highest BCUT2D eigenvalue weighted by Crippen LogP contribution is 2.37. The van der Waals surface area contributed by atoms with Crippen molar-refractivity contribution in [3.05, 3.63) is 0 Å². The molecule has 1 saturated carbocycles. The first kappa shape index (κ1) is 11.0. The molecular formula is C11H17NO2. The first-order valence-corrected chi connectivity index (χ1v) is 5.29. The molecule has 3 nitrogen and oxygen atoms in total. The fourth-order valence-electron chi connectivity index (χ4n) is 2.19. The molecule has 0 aliphatic heterocycles. The summed E-state index contributed by atoms with van der Waals surface area (Å²) in [5, 5.41) is 18.0. The van der Waals surface area contributed by atoms with Crippen LogP contribution < -0.4 is 0 Å². The van der Waals surface area contributed by atoms with E-state index in [1.807, 2.05) is 6.07 Å². The molecule has 1 N–H and O–H groups in total. The minimum atomic E-state index is -1.09. The molecule has 0 radical (unpaired) electrons. The van der Waals surface area contributed by atoms with Crippen molar-refractivity contribution in [1.82, 2.24) is 0 Å². The molecular weight excluding hydrogens is 178 g/mol. The van der Waals surface area contributed by atoms with Crippen molar-refractivity contribution < 1.29 is 9.90 Å². The van der Waals surface area contributed by atoms with E-state index in [1.165, 1.54) is 0 Å². The minimum absolute atomic E-state index is 0.523. The van der Waals surface area contributed by atoms with Crippen LogP contribution in [0, 0.1) is 22.7 Å². The van der Waals surface area contributed by atoms with Gasteiger partial charge in [-0.3, -0.25) is 4.79 Å². The predicted octanol–water partition coefficient (Wildman–Crippen LogP) is 2.57. The Morgan fingerprint density at radius 2 is 2.29 bits per heavy atom. The summed E-state index contributed by atoms with van der Waals surface area (Å²) in [6.07, 6.45) is 4.98. The Bertz CT molecular complexity index is 257. The highest BCUT2D eigenvalue weighted by molar-refractivity contribution is 5.77. The summed E-state index contributed by atoms with van der Waals surface area (Å²) in [7, 11) is 0. The molecule has 0 bridgehead atoms. The van der Waals surface area contributed by atoms with Gasteiger partial charge in [-0.25, -0.2) is 0 Å². The molecule has 2 atom stereocenters. The van der Waals surface area contributed by atoms with Crippen LogP contribution in [-0.4, -0.2) is 11.1 Å². The van der Waals surface area contributed by atoms with E-state index < -0.39 is 11.4 Å². The van der Waals surface area contributed by atoms with E-state index in [9.17, 15) is 4.79 Å². The van der Waals surface area contributed by atoms with Gasteiger partial charge >= 0.3 is 5.97 Å². The van der Waals surface area contributed by atoms with Crippen LogP contribution in [0.1, 0.15) is 45.4 Å². The molecule has 0 heterocycles. The zero-order valence-corrected chi connectivity index (χ0v) is 8.62. The maximum absolute atomic E-state index is 11.0. The third kappa shape index (κ3) is 2.06. The Morgan fingerprint density at radius 3 is 2.79 bits per heavy atom. The molecule has 0 aromatic rings. The number of carboxylic acid groups (broad SMARTS) is 1. The highest BCUT2D eigenvalue weighted by Gasteiger charge is 2.40. The first-order chi connectivity index (χ1) is 6.64. The molecule has 1 fully saturated rings. The zero-order chi connectivity index (χ0) is 10.6. The summed E-state index contributed by atoms with van der Waals surface area (Å²) < 4.78 is 0. The number of hydrogen-bond acceptors (Lipinski definition) is 2. The average Bonchev–Trinajstić information content (AvgIpc) is 2.40. The molecule has 0 aromatic carbocycles. The molecule has 1 aliphatic rings. The third-order valence-electron chi connectivity index (χ3n) is 3.40. The molecule has 1 aliphatic carbocycles.